The molecule has 1 aliphatic rings. The summed E-state index contributed by atoms with van der Waals surface area (Å²) in [5.74, 6) is 0.0298. The third kappa shape index (κ3) is 3.34. The summed E-state index contributed by atoms with van der Waals surface area (Å²) in [7, 11) is 1.77. The van der Waals surface area contributed by atoms with Crippen molar-refractivity contribution in [3.8, 4) is 0 Å². The number of hydrogen-bond donors (Lipinski definition) is 1. The molecule has 92 valence electrons. The molecule has 1 rings (SSSR count). The van der Waals surface area contributed by atoms with Crippen molar-refractivity contribution in [3.05, 3.63) is 11.6 Å². The molecule has 0 bridgehead atoms. The quantitative estimate of drug-likeness (QED) is 0.744. The summed E-state index contributed by atoms with van der Waals surface area (Å²) in [5, 5.41) is 10.2. The Hall–Kier alpha value is -0.830. The van der Waals surface area contributed by atoms with Gasteiger partial charge in [-0.15, -0.1) is 0 Å². The van der Waals surface area contributed by atoms with Crippen molar-refractivity contribution in [3.63, 3.8) is 0 Å². The highest BCUT2D eigenvalue weighted by Crippen LogP contribution is 2.30. The van der Waals surface area contributed by atoms with Crippen LogP contribution in [0.2, 0.25) is 0 Å². The van der Waals surface area contributed by atoms with E-state index in [1.54, 1.807) is 11.9 Å². The van der Waals surface area contributed by atoms with Crippen LogP contribution in [-0.4, -0.2) is 35.1 Å². The van der Waals surface area contributed by atoms with Gasteiger partial charge in [-0.05, 0) is 26.2 Å². The minimum atomic E-state index is -0.642. The third-order valence-corrected chi connectivity index (χ3v) is 3.26. The molecule has 0 spiro atoms. The van der Waals surface area contributed by atoms with Crippen LogP contribution >= 0.6 is 0 Å². The highest BCUT2D eigenvalue weighted by molar-refractivity contribution is 5.92. The van der Waals surface area contributed by atoms with Crippen molar-refractivity contribution in [2.24, 2.45) is 0 Å². The summed E-state index contributed by atoms with van der Waals surface area (Å²) in [4.78, 5) is 13.6. The molecule has 1 amide bonds. The molecule has 3 nitrogen and oxygen atoms in total. The number of amides is 1. The van der Waals surface area contributed by atoms with Crippen LogP contribution in [0.5, 0.6) is 0 Å². The molecule has 1 N–H and O–H groups in total. The molecule has 1 aliphatic carbocycles. The van der Waals surface area contributed by atoms with E-state index in [1.165, 1.54) is 0 Å². The second-order valence-electron chi connectivity index (χ2n) is 4.89. The maximum absolute atomic E-state index is 11.9. The van der Waals surface area contributed by atoms with Gasteiger partial charge in [0.25, 0.3) is 0 Å². The zero-order valence-corrected chi connectivity index (χ0v) is 10.6. The normalized spacial score (nSPS) is 19.9. The number of carbonyl (C=O) groups is 1. The van der Waals surface area contributed by atoms with Gasteiger partial charge in [-0.1, -0.05) is 25.8 Å². The van der Waals surface area contributed by atoms with E-state index in [2.05, 4.69) is 0 Å². The second-order valence-corrected chi connectivity index (χ2v) is 4.89. The lowest BCUT2D eigenvalue weighted by Gasteiger charge is -2.28. The first-order valence-electron chi connectivity index (χ1n) is 6.13. The summed E-state index contributed by atoms with van der Waals surface area (Å²) < 4.78 is 0. The Bertz CT molecular complexity index is 278. The van der Waals surface area contributed by atoms with E-state index in [-0.39, 0.29) is 5.91 Å². The SMILES string of the molecule is CC/C=C(/C)C(=O)N(C)CC1(O)CCCC1. The summed E-state index contributed by atoms with van der Waals surface area (Å²) in [5.41, 5.74) is 0.128. The molecule has 0 saturated heterocycles. The zero-order chi connectivity index (χ0) is 12.2. The van der Waals surface area contributed by atoms with Gasteiger partial charge in [0.1, 0.15) is 0 Å². The largest absolute Gasteiger partial charge is 0.388 e. The van der Waals surface area contributed by atoms with Gasteiger partial charge < -0.3 is 10.0 Å². The third-order valence-electron chi connectivity index (χ3n) is 3.26. The molecule has 0 aromatic heterocycles. The first-order valence-corrected chi connectivity index (χ1v) is 6.13. The van der Waals surface area contributed by atoms with E-state index >= 15 is 0 Å². The van der Waals surface area contributed by atoms with Crippen molar-refractivity contribution < 1.29 is 9.90 Å². The predicted molar refractivity (Wildman–Crippen MR) is 65.1 cm³/mol. The Morgan fingerprint density at radius 2 is 2.00 bits per heavy atom. The molecule has 0 aromatic rings. The topological polar surface area (TPSA) is 40.5 Å². The molecule has 0 radical (unpaired) electrons. The van der Waals surface area contributed by atoms with E-state index in [1.807, 2.05) is 19.9 Å². The maximum Gasteiger partial charge on any atom is 0.249 e. The van der Waals surface area contributed by atoms with Crippen LogP contribution < -0.4 is 0 Å². The highest BCUT2D eigenvalue weighted by Gasteiger charge is 2.33. The molecule has 0 aromatic carbocycles. The van der Waals surface area contributed by atoms with E-state index in [9.17, 15) is 9.90 Å². The van der Waals surface area contributed by atoms with Crippen LogP contribution in [0.3, 0.4) is 0 Å². The van der Waals surface area contributed by atoms with E-state index in [4.69, 9.17) is 0 Å². The van der Waals surface area contributed by atoms with Crippen molar-refractivity contribution in [2.45, 2.75) is 51.6 Å². The van der Waals surface area contributed by atoms with Crippen molar-refractivity contribution in [2.75, 3.05) is 13.6 Å². The van der Waals surface area contributed by atoms with Crippen LogP contribution in [0.15, 0.2) is 11.6 Å². The van der Waals surface area contributed by atoms with Crippen LogP contribution in [0.25, 0.3) is 0 Å². The summed E-state index contributed by atoms with van der Waals surface area (Å²) >= 11 is 0. The highest BCUT2D eigenvalue weighted by atomic mass is 16.3. The Morgan fingerprint density at radius 1 is 1.44 bits per heavy atom. The second kappa shape index (κ2) is 5.48. The number of carbonyl (C=O) groups excluding carboxylic acids is 1. The van der Waals surface area contributed by atoms with Gasteiger partial charge in [-0.3, -0.25) is 4.79 Å². The molecule has 0 heterocycles. The lowest BCUT2D eigenvalue weighted by molar-refractivity contribution is -0.129. The van der Waals surface area contributed by atoms with Crippen LogP contribution in [0.1, 0.15) is 46.0 Å². The smallest absolute Gasteiger partial charge is 0.249 e. The van der Waals surface area contributed by atoms with E-state index < -0.39 is 5.60 Å². The minimum Gasteiger partial charge on any atom is -0.388 e. The fourth-order valence-corrected chi connectivity index (χ4v) is 2.40. The number of nitrogens with zero attached hydrogens (tertiary/aromatic N) is 1. The Balaban J connectivity index is 2.54. The standard InChI is InChI=1S/C13H23NO2/c1-4-7-11(2)12(15)14(3)10-13(16)8-5-6-9-13/h7,16H,4-6,8-10H2,1-3H3/b11-7-. The average molecular weight is 225 g/mol. The molecular formula is C13H23NO2. The lowest BCUT2D eigenvalue weighted by Crippen LogP contribution is -2.42. The van der Waals surface area contributed by atoms with Crippen molar-refractivity contribution in [1.82, 2.24) is 4.90 Å². The molecule has 0 unspecified atom stereocenters. The van der Waals surface area contributed by atoms with Crippen LogP contribution in [0, 0.1) is 0 Å². The molecule has 0 atom stereocenters. The molecule has 1 saturated carbocycles. The van der Waals surface area contributed by atoms with Crippen molar-refractivity contribution >= 4 is 5.91 Å². The van der Waals surface area contributed by atoms with Crippen LogP contribution in [0.4, 0.5) is 0 Å². The Morgan fingerprint density at radius 3 is 2.50 bits per heavy atom. The Labute approximate surface area is 98.1 Å². The van der Waals surface area contributed by atoms with Gasteiger partial charge in [-0.2, -0.15) is 0 Å². The van der Waals surface area contributed by atoms with E-state index in [0.29, 0.717) is 6.54 Å². The Kier molecular flexibility index (Phi) is 4.54. The van der Waals surface area contributed by atoms with Gasteiger partial charge in [0.2, 0.25) is 5.91 Å². The maximum atomic E-state index is 11.9. The predicted octanol–water partition coefficient (Wildman–Crippen LogP) is 2.11. The van der Waals surface area contributed by atoms with Gasteiger partial charge in [0.15, 0.2) is 0 Å². The van der Waals surface area contributed by atoms with Gasteiger partial charge >= 0.3 is 0 Å². The molecule has 0 aliphatic heterocycles. The van der Waals surface area contributed by atoms with E-state index in [0.717, 1.165) is 37.7 Å². The lowest BCUT2D eigenvalue weighted by atomic mass is 10.0. The van der Waals surface area contributed by atoms with Gasteiger partial charge in [0.05, 0.1) is 5.60 Å². The molecule has 3 heteroatoms. The number of aliphatic hydroxyl groups is 1. The van der Waals surface area contributed by atoms with Gasteiger partial charge in [0, 0.05) is 19.2 Å². The molecule has 1 fully saturated rings. The number of likely N-dealkylation sites (N-methyl/N-ethyl adjacent to an activating group) is 1. The number of rotatable bonds is 4. The zero-order valence-electron chi connectivity index (χ0n) is 10.6. The summed E-state index contributed by atoms with van der Waals surface area (Å²) in [6.45, 7) is 4.31. The first-order chi connectivity index (χ1) is 7.48. The summed E-state index contributed by atoms with van der Waals surface area (Å²) in [6.07, 6.45) is 6.58. The average Bonchev–Trinajstić information content (AvgIpc) is 2.64. The minimum absolute atomic E-state index is 0.0298. The summed E-state index contributed by atoms with van der Waals surface area (Å²) in [6, 6.07) is 0. The number of allylic oxidation sites excluding steroid dienone is 1. The van der Waals surface area contributed by atoms with Gasteiger partial charge in [-0.25, -0.2) is 0 Å². The monoisotopic (exact) mass is 225 g/mol. The number of hydrogen-bond acceptors (Lipinski definition) is 2. The van der Waals surface area contributed by atoms with Crippen molar-refractivity contribution in [1.29, 1.82) is 0 Å². The first kappa shape index (κ1) is 13.2. The molecule has 16 heavy (non-hydrogen) atoms. The van der Waals surface area contributed by atoms with Crippen LogP contribution in [-0.2, 0) is 4.79 Å². The molecular weight excluding hydrogens is 202 g/mol. The fraction of sp³-hybridized carbons (Fsp3) is 0.769. The fourth-order valence-electron chi connectivity index (χ4n) is 2.40.